The largest absolute Gasteiger partial charge is 0.275 e. The Balaban J connectivity index is 1.63. The zero-order valence-electron chi connectivity index (χ0n) is 12.9. The van der Waals surface area contributed by atoms with E-state index in [9.17, 15) is 8.42 Å². The highest BCUT2D eigenvalue weighted by atomic mass is 35.5. The third-order valence-electron chi connectivity index (χ3n) is 3.44. The summed E-state index contributed by atoms with van der Waals surface area (Å²) < 4.78 is 28.9. The van der Waals surface area contributed by atoms with E-state index in [1.165, 1.54) is 6.07 Å². The number of sulfonamides is 1. The van der Waals surface area contributed by atoms with Crippen molar-refractivity contribution in [3.8, 4) is 10.4 Å². The number of aromatic nitrogens is 2. The number of benzene rings is 1. The molecular weight excluding hydrogens is 366 g/mol. The molecule has 0 saturated carbocycles. The maximum atomic E-state index is 12.3. The first kappa shape index (κ1) is 17.2. The van der Waals surface area contributed by atoms with Gasteiger partial charge in [0, 0.05) is 35.1 Å². The van der Waals surface area contributed by atoms with E-state index in [0.717, 1.165) is 15.3 Å². The maximum Gasteiger partial charge on any atom is 0.242 e. The molecule has 3 aromatic rings. The highest BCUT2D eigenvalue weighted by molar-refractivity contribution is 7.89. The van der Waals surface area contributed by atoms with Gasteiger partial charge in [-0.1, -0.05) is 23.7 Å². The van der Waals surface area contributed by atoms with Gasteiger partial charge in [-0.25, -0.2) is 13.1 Å². The minimum Gasteiger partial charge on any atom is -0.275 e. The fourth-order valence-corrected chi connectivity index (χ4v) is 4.80. The summed E-state index contributed by atoms with van der Waals surface area (Å²) in [6.07, 6.45) is 4.39. The predicted octanol–water partition coefficient (Wildman–Crippen LogP) is 3.32. The summed E-state index contributed by atoms with van der Waals surface area (Å²) in [6, 6.07) is 10.5. The Morgan fingerprint density at radius 2 is 2.04 bits per heavy atom. The van der Waals surface area contributed by atoms with Crippen LogP contribution in [0, 0.1) is 0 Å². The summed E-state index contributed by atoms with van der Waals surface area (Å²) in [5.41, 5.74) is 1.06. The number of rotatable bonds is 6. The highest BCUT2D eigenvalue weighted by Crippen LogP contribution is 2.28. The molecule has 5 nitrogen and oxygen atoms in total. The average molecular weight is 382 g/mol. The van der Waals surface area contributed by atoms with E-state index in [1.54, 1.807) is 34.2 Å². The van der Waals surface area contributed by atoms with Crippen LogP contribution in [0.3, 0.4) is 0 Å². The third-order valence-corrected chi connectivity index (χ3v) is 6.60. The van der Waals surface area contributed by atoms with Crippen molar-refractivity contribution in [1.82, 2.24) is 14.5 Å². The molecule has 8 heteroatoms. The number of hydrogen-bond acceptors (Lipinski definition) is 4. The van der Waals surface area contributed by atoms with E-state index >= 15 is 0 Å². The number of halogens is 1. The molecule has 0 unspecified atom stereocenters. The first-order chi connectivity index (χ1) is 11.5. The second-order valence-electron chi connectivity index (χ2n) is 5.25. The van der Waals surface area contributed by atoms with Crippen LogP contribution in [0.1, 0.15) is 4.88 Å². The molecule has 0 aliphatic heterocycles. The number of nitrogens with zero attached hydrogens (tertiary/aromatic N) is 2. The zero-order chi connectivity index (χ0) is 17.2. The second-order valence-corrected chi connectivity index (χ2v) is 8.56. The van der Waals surface area contributed by atoms with Gasteiger partial charge in [-0.15, -0.1) is 11.3 Å². The second kappa shape index (κ2) is 7.06. The monoisotopic (exact) mass is 381 g/mol. The van der Waals surface area contributed by atoms with Crippen LogP contribution < -0.4 is 4.72 Å². The Hall–Kier alpha value is -1.67. The Kier molecular flexibility index (Phi) is 5.05. The molecule has 2 aromatic heterocycles. The molecule has 0 amide bonds. The summed E-state index contributed by atoms with van der Waals surface area (Å²) in [5.74, 6) is 0. The Morgan fingerprint density at radius 1 is 1.25 bits per heavy atom. The summed E-state index contributed by atoms with van der Waals surface area (Å²) in [5, 5.41) is 4.38. The summed E-state index contributed by atoms with van der Waals surface area (Å²) in [4.78, 5) is 2.33. The molecule has 0 saturated heterocycles. The fourth-order valence-electron chi connectivity index (χ4n) is 2.26. The van der Waals surface area contributed by atoms with Crippen molar-refractivity contribution < 1.29 is 8.42 Å². The quantitative estimate of drug-likeness (QED) is 0.712. The Labute approximate surface area is 150 Å². The first-order valence-corrected chi connectivity index (χ1v) is 9.95. The molecule has 0 atom stereocenters. The van der Waals surface area contributed by atoms with Gasteiger partial charge in [0.15, 0.2) is 0 Å². The summed E-state index contributed by atoms with van der Waals surface area (Å²) in [7, 11) is -1.72. The maximum absolute atomic E-state index is 12.3. The van der Waals surface area contributed by atoms with E-state index < -0.39 is 10.0 Å². The molecule has 1 N–H and O–H groups in total. The Bertz CT molecular complexity index is 948. The molecule has 0 aliphatic rings. The van der Waals surface area contributed by atoms with Gasteiger partial charge >= 0.3 is 0 Å². The number of thiophene rings is 1. The van der Waals surface area contributed by atoms with Gasteiger partial charge in [-0.05, 0) is 30.7 Å². The summed E-state index contributed by atoms with van der Waals surface area (Å²) in [6.45, 7) is 0.320. The smallest absolute Gasteiger partial charge is 0.242 e. The minimum atomic E-state index is -3.59. The van der Waals surface area contributed by atoms with Gasteiger partial charge in [-0.3, -0.25) is 4.68 Å². The fraction of sp³-hybridized carbons (Fsp3) is 0.188. The number of nitrogens with one attached hydrogen (secondary N) is 1. The lowest BCUT2D eigenvalue weighted by Crippen LogP contribution is -2.26. The molecule has 126 valence electrons. The average Bonchev–Trinajstić information content (AvgIpc) is 3.16. The van der Waals surface area contributed by atoms with Crippen molar-refractivity contribution in [3.63, 3.8) is 0 Å². The van der Waals surface area contributed by atoms with Crippen LogP contribution in [0.5, 0.6) is 0 Å². The van der Waals surface area contributed by atoms with Crippen LogP contribution in [-0.2, 0) is 23.5 Å². The minimum absolute atomic E-state index is 0.105. The van der Waals surface area contributed by atoms with Gasteiger partial charge in [0.25, 0.3) is 0 Å². The van der Waals surface area contributed by atoms with Gasteiger partial charge in [0.2, 0.25) is 10.0 Å². The number of hydrogen-bond donors (Lipinski definition) is 1. The van der Waals surface area contributed by atoms with E-state index in [2.05, 4.69) is 9.82 Å². The molecule has 0 aliphatic carbocycles. The first-order valence-electron chi connectivity index (χ1n) is 7.27. The number of aryl methyl sites for hydroxylation is 1. The SMILES string of the molecule is Cn1cc(-c2ccc(CCNS(=O)(=O)c3ccccc3Cl)s2)cn1. The zero-order valence-corrected chi connectivity index (χ0v) is 15.3. The molecule has 0 spiro atoms. The van der Waals surface area contributed by atoms with Crippen molar-refractivity contribution in [2.45, 2.75) is 11.3 Å². The predicted molar refractivity (Wildman–Crippen MR) is 96.9 cm³/mol. The van der Waals surface area contributed by atoms with Crippen LogP contribution in [0.25, 0.3) is 10.4 Å². The van der Waals surface area contributed by atoms with Crippen LogP contribution in [0.15, 0.2) is 53.7 Å². The molecule has 0 fully saturated rings. The molecule has 0 radical (unpaired) electrons. The molecule has 0 bridgehead atoms. The molecule has 3 rings (SSSR count). The van der Waals surface area contributed by atoms with Gasteiger partial charge in [0.1, 0.15) is 4.90 Å². The lowest BCUT2D eigenvalue weighted by atomic mass is 10.3. The molecular formula is C16H16ClN3O2S2. The van der Waals surface area contributed by atoms with Crippen molar-refractivity contribution in [3.05, 3.63) is 58.7 Å². The van der Waals surface area contributed by atoms with Crippen LogP contribution >= 0.6 is 22.9 Å². The molecule has 1 aromatic carbocycles. The van der Waals surface area contributed by atoms with E-state index in [-0.39, 0.29) is 9.92 Å². The summed E-state index contributed by atoms with van der Waals surface area (Å²) >= 11 is 7.59. The Morgan fingerprint density at radius 3 is 2.75 bits per heavy atom. The van der Waals surface area contributed by atoms with Gasteiger partial charge < -0.3 is 0 Å². The highest BCUT2D eigenvalue weighted by Gasteiger charge is 2.16. The van der Waals surface area contributed by atoms with Crippen molar-refractivity contribution in [2.24, 2.45) is 7.05 Å². The van der Waals surface area contributed by atoms with Gasteiger partial charge in [0.05, 0.1) is 11.2 Å². The van der Waals surface area contributed by atoms with Crippen molar-refractivity contribution >= 4 is 33.0 Å². The van der Waals surface area contributed by atoms with Crippen LogP contribution in [0.2, 0.25) is 5.02 Å². The van der Waals surface area contributed by atoms with Crippen molar-refractivity contribution in [2.75, 3.05) is 6.54 Å². The topological polar surface area (TPSA) is 64.0 Å². The molecule has 2 heterocycles. The third kappa shape index (κ3) is 3.87. The molecule has 24 heavy (non-hydrogen) atoms. The van der Waals surface area contributed by atoms with E-state index in [0.29, 0.717) is 13.0 Å². The lowest BCUT2D eigenvalue weighted by molar-refractivity contribution is 0.582. The van der Waals surface area contributed by atoms with E-state index in [1.807, 2.05) is 31.6 Å². The van der Waals surface area contributed by atoms with Gasteiger partial charge in [-0.2, -0.15) is 5.10 Å². The van der Waals surface area contributed by atoms with E-state index in [4.69, 9.17) is 11.6 Å². The van der Waals surface area contributed by atoms with Crippen molar-refractivity contribution in [1.29, 1.82) is 0 Å². The standard InChI is InChI=1S/C16H16ClN3O2S2/c1-20-11-12(10-18-20)15-7-6-13(23-15)8-9-19-24(21,22)16-5-3-2-4-14(16)17/h2-7,10-11,19H,8-9H2,1H3. The lowest BCUT2D eigenvalue weighted by Gasteiger charge is -2.07. The normalized spacial score (nSPS) is 11.8. The van der Waals surface area contributed by atoms with Crippen LogP contribution in [0.4, 0.5) is 0 Å². The van der Waals surface area contributed by atoms with Crippen LogP contribution in [-0.4, -0.2) is 24.7 Å².